The third kappa shape index (κ3) is 5.93. The van der Waals surface area contributed by atoms with Crippen LogP contribution in [0.15, 0.2) is 29.4 Å². The number of carbonyl (C=O) groups is 1. The maximum absolute atomic E-state index is 11.9. The second kappa shape index (κ2) is 9.18. The molecule has 1 N–H and O–H groups in total. The van der Waals surface area contributed by atoms with Crippen molar-refractivity contribution < 1.29 is 14.4 Å². The van der Waals surface area contributed by atoms with Crippen LogP contribution in [-0.4, -0.2) is 31.4 Å². The van der Waals surface area contributed by atoms with Crippen molar-refractivity contribution >= 4 is 12.1 Å². The van der Waals surface area contributed by atoms with Crippen LogP contribution in [0.25, 0.3) is 0 Å². The minimum atomic E-state index is -0.104. The molecule has 1 aromatic rings. The fourth-order valence-electron chi connectivity index (χ4n) is 2.79. The number of rotatable bonds is 7. The van der Waals surface area contributed by atoms with E-state index in [-0.39, 0.29) is 18.6 Å². The second-order valence-corrected chi connectivity index (χ2v) is 5.95. The van der Waals surface area contributed by atoms with E-state index in [9.17, 15) is 4.79 Å². The van der Waals surface area contributed by atoms with E-state index in [1.807, 2.05) is 31.2 Å². The van der Waals surface area contributed by atoms with Crippen molar-refractivity contribution in [3.63, 3.8) is 0 Å². The summed E-state index contributed by atoms with van der Waals surface area (Å²) < 4.78 is 5.37. The Morgan fingerprint density at radius 3 is 2.74 bits per heavy atom. The van der Waals surface area contributed by atoms with Gasteiger partial charge >= 0.3 is 0 Å². The Morgan fingerprint density at radius 2 is 2.04 bits per heavy atom. The summed E-state index contributed by atoms with van der Waals surface area (Å²) >= 11 is 0. The minimum absolute atomic E-state index is 0.0449. The molecule has 2 atom stereocenters. The summed E-state index contributed by atoms with van der Waals surface area (Å²) in [4.78, 5) is 16.9. The van der Waals surface area contributed by atoms with Gasteiger partial charge < -0.3 is 14.9 Å². The number of oxime groups is 1. The summed E-state index contributed by atoms with van der Waals surface area (Å²) in [7, 11) is 0. The lowest BCUT2D eigenvalue weighted by Gasteiger charge is -2.29. The molecule has 1 aromatic carbocycles. The SMILES string of the molecule is CCOc1ccc(/C=N\OCC(=O)N[C@H]2CCCC[C@H]2C)cc1. The predicted octanol–water partition coefficient (Wildman–Crippen LogP) is 3.13. The summed E-state index contributed by atoms with van der Waals surface area (Å²) in [6, 6.07) is 7.81. The van der Waals surface area contributed by atoms with Crippen molar-refractivity contribution in [2.75, 3.05) is 13.2 Å². The van der Waals surface area contributed by atoms with Crippen molar-refractivity contribution in [3.05, 3.63) is 29.8 Å². The van der Waals surface area contributed by atoms with Gasteiger partial charge in [-0.2, -0.15) is 0 Å². The zero-order chi connectivity index (χ0) is 16.5. The van der Waals surface area contributed by atoms with Gasteiger partial charge in [0.1, 0.15) is 5.75 Å². The third-order valence-electron chi connectivity index (χ3n) is 4.12. The minimum Gasteiger partial charge on any atom is -0.494 e. The second-order valence-electron chi connectivity index (χ2n) is 5.95. The number of hydrogen-bond acceptors (Lipinski definition) is 4. The Bertz CT molecular complexity index is 514. The molecule has 126 valence electrons. The highest BCUT2D eigenvalue weighted by atomic mass is 16.6. The van der Waals surface area contributed by atoms with Crippen LogP contribution in [-0.2, 0) is 9.63 Å². The van der Waals surface area contributed by atoms with E-state index in [0.717, 1.165) is 17.7 Å². The molecule has 0 spiro atoms. The first-order valence-corrected chi connectivity index (χ1v) is 8.36. The Hall–Kier alpha value is -2.04. The average molecular weight is 318 g/mol. The van der Waals surface area contributed by atoms with Crippen LogP contribution >= 0.6 is 0 Å². The Balaban J connectivity index is 1.70. The molecule has 0 saturated heterocycles. The molecule has 5 heteroatoms. The van der Waals surface area contributed by atoms with Crippen LogP contribution in [0.4, 0.5) is 0 Å². The van der Waals surface area contributed by atoms with E-state index in [4.69, 9.17) is 9.57 Å². The summed E-state index contributed by atoms with van der Waals surface area (Å²) in [6.07, 6.45) is 6.28. The van der Waals surface area contributed by atoms with Crippen molar-refractivity contribution in [1.29, 1.82) is 0 Å². The lowest BCUT2D eigenvalue weighted by atomic mass is 9.86. The number of amides is 1. The van der Waals surface area contributed by atoms with Crippen LogP contribution in [0.3, 0.4) is 0 Å². The highest BCUT2D eigenvalue weighted by Crippen LogP contribution is 2.23. The molecule has 1 fully saturated rings. The predicted molar refractivity (Wildman–Crippen MR) is 90.7 cm³/mol. The normalized spacial score (nSPS) is 21.1. The molecule has 0 radical (unpaired) electrons. The number of benzene rings is 1. The first kappa shape index (κ1) is 17.3. The summed E-state index contributed by atoms with van der Waals surface area (Å²) in [5, 5.41) is 6.88. The molecule has 0 bridgehead atoms. The van der Waals surface area contributed by atoms with Crippen LogP contribution in [0, 0.1) is 5.92 Å². The number of nitrogens with zero attached hydrogens (tertiary/aromatic N) is 1. The van der Waals surface area contributed by atoms with E-state index in [0.29, 0.717) is 12.5 Å². The molecule has 0 unspecified atom stereocenters. The van der Waals surface area contributed by atoms with Gasteiger partial charge in [-0.3, -0.25) is 4.79 Å². The van der Waals surface area contributed by atoms with Crippen molar-refractivity contribution in [2.24, 2.45) is 11.1 Å². The van der Waals surface area contributed by atoms with Crippen molar-refractivity contribution in [1.82, 2.24) is 5.32 Å². The molecule has 23 heavy (non-hydrogen) atoms. The Morgan fingerprint density at radius 1 is 1.30 bits per heavy atom. The standard InChI is InChI=1S/C18H26N2O3/c1-3-22-16-10-8-15(9-11-16)12-19-23-13-18(21)20-17-7-5-4-6-14(17)2/h8-12,14,17H,3-7,13H2,1-2H3,(H,20,21)/b19-12-/t14-,17+/m1/s1. The van der Waals surface area contributed by atoms with Gasteiger partial charge in [-0.05, 0) is 55.5 Å². The molecule has 2 rings (SSSR count). The van der Waals surface area contributed by atoms with E-state index in [1.165, 1.54) is 19.3 Å². The van der Waals surface area contributed by atoms with Crippen LogP contribution in [0.5, 0.6) is 5.75 Å². The van der Waals surface area contributed by atoms with Gasteiger partial charge in [-0.15, -0.1) is 0 Å². The molecular formula is C18H26N2O3. The van der Waals surface area contributed by atoms with E-state index in [1.54, 1.807) is 6.21 Å². The molecule has 5 nitrogen and oxygen atoms in total. The number of nitrogens with one attached hydrogen (secondary N) is 1. The topological polar surface area (TPSA) is 59.9 Å². The Labute approximate surface area is 138 Å². The molecular weight excluding hydrogens is 292 g/mol. The number of ether oxygens (including phenoxy) is 1. The largest absolute Gasteiger partial charge is 0.494 e. The number of hydrogen-bond donors (Lipinski definition) is 1. The smallest absolute Gasteiger partial charge is 0.261 e. The van der Waals surface area contributed by atoms with Crippen LogP contribution in [0.1, 0.15) is 45.1 Å². The van der Waals surface area contributed by atoms with Gasteiger partial charge in [0, 0.05) is 6.04 Å². The molecule has 0 aromatic heterocycles. The maximum atomic E-state index is 11.9. The summed E-state index contributed by atoms with van der Waals surface area (Å²) in [6.45, 7) is 4.74. The van der Waals surface area contributed by atoms with Gasteiger partial charge in [-0.1, -0.05) is 24.9 Å². The van der Waals surface area contributed by atoms with Crippen molar-refractivity contribution in [2.45, 2.75) is 45.6 Å². The zero-order valence-corrected chi connectivity index (χ0v) is 14.0. The molecule has 1 amide bonds. The summed E-state index contributed by atoms with van der Waals surface area (Å²) in [5.74, 6) is 1.26. The molecule has 1 aliphatic carbocycles. The van der Waals surface area contributed by atoms with E-state index < -0.39 is 0 Å². The Kier molecular flexibility index (Phi) is 6.91. The molecule has 1 saturated carbocycles. The molecule has 0 aliphatic heterocycles. The fraction of sp³-hybridized carbons (Fsp3) is 0.556. The lowest BCUT2D eigenvalue weighted by Crippen LogP contribution is -2.42. The number of carbonyl (C=O) groups excluding carboxylic acids is 1. The first-order chi connectivity index (χ1) is 11.2. The monoisotopic (exact) mass is 318 g/mol. The van der Waals surface area contributed by atoms with Crippen LogP contribution < -0.4 is 10.1 Å². The van der Waals surface area contributed by atoms with Crippen molar-refractivity contribution in [3.8, 4) is 5.75 Å². The van der Waals surface area contributed by atoms with E-state index in [2.05, 4.69) is 17.4 Å². The van der Waals surface area contributed by atoms with Crippen LogP contribution in [0.2, 0.25) is 0 Å². The molecule has 0 heterocycles. The average Bonchev–Trinajstić information content (AvgIpc) is 2.55. The summed E-state index contributed by atoms with van der Waals surface area (Å²) in [5.41, 5.74) is 0.898. The van der Waals surface area contributed by atoms with E-state index >= 15 is 0 Å². The maximum Gasteiger partial charge on any atom is 0.261 e. The highest BCUT2D eigenvalue weighted by Gasteiger charge is 2.22. The quantitative estimate of drug-likeness (QED) is 0.620. The van der Waals surface area contributed by atoms with Gasteiger partial charge in [0.15, 0.2) is 6.61 Å². The first-order valence-electron chi connectivity index (χ1n) is 8.36. The third-order valence-corrected chi connectivity index (χ3v) is 4.12. The van der Waals surface area contributed by atoms with Gasteiger partial charge in [0.2, 0.25) is 0 Å². The van der Waals surface area contributed by atoms with Gasteiger partial charge in [0.05, 0.1) is 12.8 Å². The lowest BCUT2D eigenvalue weighted by molar-refractivity contribution is -0.126. The zero-order valence-electron chi connectivity index (χ0n) is 14.0. The highest BCUT2D eigenvalue weighted by molar-refractivity contribution is 5.80. The fourth-order valence-corrected chi connectivity index (χ4v) is 2.79. The molecule has 1 aliphatic rings. The van der Waals surface area contributed by atoms with Gasteiger partial charge in [-0.25, -0.2) is 0 Å². The van der Waals surface area contributed by atoms with Gasteiger partial charge in [0.25, 0.3) is 5.91 Å².